The van der Waals surface area contributed by atoms with Gasteiger partial charge in [0, 0.05) is 19.1 Å². The Labute approximate surface area is 128 Å². The van der Waals surface area contributed by atoms with Gasteiger partial charge in [-0.2, -0.15) is 0 Å². The Hall–Kier alpha value is -0.650. The number of ether oxygens (including phenoxy) is 1. The third-order valence-electron chi connectivity index (χ3n) is 5.09. The van der Waals surface area contributed by atoms with Crippen LogP contribution in [0.15, 0.2) is 0 Å². The van der Waals surface area contributed by atoms with E-state index in [2.05, 4.69) is 24.1 Å². The maximum Gasteiger partial charge on any atom is 0.240 e. The van der Waals surface area contributed by atoms with Crippen molar-refractivity contribution in [3.05, 3.63) is 0 Å². The average molecular weight is 295 g/mol. The molecular formula is C16H29N3O2. The molecule has 0 saturated carbocycles. The normalized spacial score (nSPS) is 36.1. The number of amides is 1. The topological polar surface area (TPSA) is 44.8 Å². The third kappa shape index (κ3) is 3.41. The molecule has 0 aliphatic carbocycles. The number of hydrogen-bond donors (Lipinski definition) is 1. The van der Waals surface area contributed by atoms with Gasteiger partial charge in [0.05, 0.1) is 18.2 Å². The van der Waals surface area contributed by atoms with Gasteiger partial charge in [-0.1, -0.05) is 0 Å². The first-order valence-corrected chi connectivity index (χ1v) is 8.56. The van der Waals surface area contributed by atoms with Gasteiger partial charge in [-0.25, -0.2) is 0 Å². The monoisotopic (exact) mass is 295 g/mol. The van der Waals surface area contributed by atoms with Crippen LogP contribution in [-0.2, 0) is 9.53 Å². The van der Waals surface area contributed by atoms with E-state index < -0.39 is 0 Å². The molecule has 3 aliphatic heterocycles. The van der Waals surface area contributed by atoms with E-state index in [1.165, 1.54) is 12.8 Å². The van der Waals surface area contributed by atoms with Crippen LogP contribution in [0.3, 0.4) is 0 Å². The number of carbonyl (C=O) groups is 1. The van der Waals surface area contributed by atoms with Gasteiger partial charge in [0.2, 0.25) is 5.91 Å². The molecule has 3 saturated heterocycles. The summed E-state index contributed by atoms with van der Waals surface area (Å²) in [4.78, 5) is 17.5. The molecule has 0 aromatic heterocycles. The molecule has 3 atom stereocenters. The number of rotatable bonds is 2. The Morgan fingerprint density at radius 2 is 1.76 bits per heavy atom. The second-order valence-corrected chi connectivity index (χ2v) is 6.88. The van der Waals surface area contributed by atoms with Crippen molar-refractivity contribution in [1.82, 2.24) is 15.1 Å². The summed E-state index contributed by atoms with van der Waals surface area (Å²) >= 11 is 0. The van der Waals surface area contributed by atoms with Crippen LogP contribution in [0.1, 0.15) is 39.5 Å². The molecule has 1 N–H and O–H groups in total. The van der Waals surface area contributed by atoms with Gasteiger partial charge in [0.25, 0.3) is 0 Å². The van der Waals surface area contributed by atoms with Crippen molar-refractivity contribution in [2.45, 2.75) is 63.8 Å². The zero-order valence-corrected chi connectivity index (χ0v) is 13.4. The first-order valence-electron chi connectivity index (χ1n) is 8.56. The molecule has 3 rings (SSSR count). The highest BCUT2D eigenvalue weighted by Crippen LogP contribution is 2.26. The van der Waals surface area contributed by atoms with Crippen LogP contribution >= 0.6 is 0 Å². The van der Waals surface area contributed by atoms with Crippen molar-refractivity contribution in [2.24, 2.45) is 0 Å². The smallest absolute Gasteiger partial charge is 0.240 e. The lowest BCUT2D eigenvalue weighted by Crippen LogP contribution is -2.56. The summed E-state index contributed by atoms with van der Waals surface area (Å²) < 4.78 is 5.76. The maximum absolute atomic E-state index is 13.0. The Morgan fingerprint density at radius 3 is 2.43 bits per heavy atom. The molecule has 3 fully saturated rings. The Bertz CT molecular complexity index is 361. The minimum Gasteiger partial charge on any atom is -0.372 e. The number of likely N-dealkylation sites (tertiary alicyclic amines) is 1. The van der Waals surface area contributed by atoms with E-state index in [1.807, 2.05) is 4.90 Å². The van der Waals surface area contributed by atoms with Crippen LogP contribution in [0.25, 0.3) is 0 Å². The van der Waals surface area contributed by atoms with E-state index in [0.29, 0.717) is 11.9 Å². The number of carbonyl (C=O) groups excluding carboxylic acids is 1. The molecule has 3 aliphatic rings. The fourth-order valence-corrected chi connectivity index (χ4v) is 4.20. The molecule has 0 bridgehead atoms. The summed E-state index contributed by atoms with van der Waals surface area (Å²) in [7, 11) is 0. The van der Waals surface area contributed by atoms with E-state index in [0.717, 1.165) is 45.6 Å². The molecule has 5 heteroatoms. The quantitative estimate of drug-likeness (QED) is 0.820. The van der Waals surface area contributed by atoms with Gasteiger partial charge < -0.3 is 15.0 Å². The minimum absolute atomic E-state index is 0.116. The van der Waals surface area contributed by atoms with Gasteiger partial charge in [-0.3, -0.25) is 9.69 Å². The molecule has 0 radical (unpaired) electrons. The molecule has 0 spiro atoms. The molecule has 0 aromatic carbocycles. The molecular weight excluding hydrogens is 266 g/mol. The van der Waals surface area contributed by atoms with Gasteiger partial charge in [-0.05, 0) is 59.2 Å². The van der Waals surface area contributed by atoms with Crippen molar-refractivity contribution in [1.29, 1.82) is 0 Å². The zero-order valence-electron chi connectivity index (χ0n) is 13.4. The molecule has 3 unspecified atom stereocenters. The summed E-state index contributed by atoms with van der Waals surface area (Å²) in [6.07, 6.45) is 4.87. The Morgan fingerprint density at radius 1 is 1.10 bits per heavy atom. The highest BCUT2D eigenvalue weighted by molar-refractivity contribution is 5.82. The number of nitrogens with zero attached hydrogens (tertiary/aromatic N) is 2. The summed E-state index contributed by atoms with van der Waals surface area (Å²) in [5.74, 6) is 0.341. The van der Waals surface area contributed by atoms with Crippen LogP contribution in [0.2, 0.25) is 0 Å². The van der Waals surface area contributed by atoms with E-state index in [1.54, 1.807) is 0 Å². The van der Waals surface area contributed by atoms with Crippen LogP contribution in [0.4, 0.5) is 0 Å². The SMILES string of the molecule is CC1CN(C(=O)C2CCCN2C2CCNCC2)CC(C)O1. The van der Waals surface area contributed by atoms with Gasteiger partial charge >= 0.3 is 0 Å². The van der Waals surface area contributed by atoms with Crippen LogP contribution in [-0.4, -0.2) is 72.7 Å². The summed E-state index contributed by atoms with van der Waals surface area (Å²) in [6, 6.07) is 0.712. The highest BCUT2D eigenvalue weighted by atomic mass is 16.5. The zero-order chi connectivity index (χ0) is 14.8. The number of morpholine rings is 1. The van der Waals surface area contributed by atoms with Crippen molar-refractivity contribution < 1.29 is 9.53 Å². The molecule has 0 aromatic rings. The highest BCUT2D eigenvalue weighted by Gasteiger charge is 2.39. The molecule has 21 heavy (non-hydrogen) atoms. The van der Waals surface area contributed by atoms with Crippen molar-refractivity contribution in [3.63, 3.8) is 0 Å². The molecule has 5 nitrogen and oxygen atoms in total. The largest absolute Gasteiger partial charge is 0.372 e. The molecule has 120 valence electrons. The summed E-state index contributed by atoms with van der Waals surface area (Å²) in [5.41, 5.74) is 0. The van der Waals surface area contributed by atoms with Crippen LogP contribution in [0.5, 0.6) is 0 Å². The van der Waals surface area contributed by atoms with E-state index in [-0.39, 0.29) is 18.2 Å². The third-order valence-corrected chi connectivity index (χ3v) is 5.09. The van der Waals surface area contributed by atoms with Gasteiger partial charge in [-0.15, -0.1) is 0 Å². The first kappa shape index (κ1) is 15.3. The fourth-order valence-electron chi connectivity index (χ4n) is 4.20. The Kier molecular flexibility index (Phi) is 4.82. The predicted octanol–water partition coefficient (Wildman–Crippen LogP) is 0.839. The van der Waals surface area contributed by atoms with E-state index in [9.17, 15) is 4.79 Å². The van der Waals surface area contributed by atoms with E-state index in [4.69, 9.17) is 4.74 Å². The second kappa shape index (κ2) is 6.63. The lowest BCUT2D eigenvalue weighted by molar-refractivity contribution is -0.148. The number of nitrogens with one attached hydrogen (secondary N) is 1. The van der Waals surface area contributed by atoms with Crippen LogP contribution < -0.4 is 5.32 Å². The second-order valence-electron chi connectivity index (χ2n) is 6.88. The van der Waals surface area contributed by atoms with Gasteiger partial charge in [0.15, 0.2) is 0 Å². The Balaban J connectivity index is 1.65. The summed E-state index contributed by atoms with van der Waals surface area (Å²) in [6.45, 7) is 8.90. The minimum atomic E-state index is 0.116. The van der Waals surface area contributed by atoms with Crippen molar-refractivity contribution >= 4 is 5.91 Å². The predicted molar refractivity (Wildman–Crippen MR) is 82.2 cm³/mol. The van der Waals surface area contributed by atoms with Crippen molar-refractivity contribution in [3.8, 4) is 0 Å². The molecule has 3 heterocycles. The lowest BCUT2D eigenvalue weighted by atomic mass is 10.0. The fraction of sp³-hybridized carbons (Fsp3) is 0.938. The van der Waals surface area contributed by atoms with Crippen LogP contribution in [0, 0.1) is 0 Å². The standard InChI is InChI=1S/C16H29N3O2/c1-12-10-18(11-13(2)21-12)16(20)15-4-3-9-19(15)14-5-7-17-8-6-14/h12-15,17H,3-11H2,1-2H3. The summed E-state index contributed by atoms with van der Waals surface area (Å²) in [5, 5.41) is 3.42. The molecule has 1 amide bonds. The number of hydrogen-bond acceptors (Lipinski definition) is 4. The van der Waals surface area contributed by atoms with Crippen molar-refractivity contribution in [2.75, 3.05) is 32.7 Å². The number of piperidine rings is 1. The van der Waals surface area contributed by atoms with E-state index >= 15 is 0 Å². The lowest BCUT2D eigenvalue weighted by Gasteiger charge is -2.40. The van der Waals surface area contributed by atoms with Gasteiger partial charge in [0.1, 0.15) is 0 Å². The first-order chi connectivity index (χ1) is 10.1. The average Bonchev–Trinajstić information content (AvgIpc) is 2.95. The maximum atomic E-state index is 13.0.